The van der Waals surface area contributed by atoms with Gasteiger partial charge in [0.1, 0.15) is 5.82 Å². The minimum absolute atomic E-state index is 0.256. The van der Waals surface area contributed by atoms with E-state index in [1.54, 1.807) is 24.4 Å². The molecule has 0 amide bonds. The lowest BCUT2D eigenvalue weighted by Gasteiger charge is -2.08. The SMILES string of the molecule is CCCCc1ccc(S(=O)(=O)Nc2cc(C)ccn2)cc1. The van der Waals surface area contributed by atoms with Crippen LogP contribution in [0.15, 0.2) is 47.5 Å². The van der Waals surface area contributed by atoms with Crippen molar-refractivity contribution in [1.29, 1.82) is 0 Å². The van der Waals surface area contributed by atoms with Crippen molar-refractivity contribution in [2.24, 2.45) is 0 Å². The molecule has 0 fully saturated rings. The number of nitrogens with one attached hydrogen (secondary N) is 1. The summed E-state index contributed by atoms with van der Waals surface area (Å²) in [6.07, 6.45) is 4.79. The standard InChI is InChI=1S/C16H20N2O2S/c1-3-4-5-14-6-8-15(9-7-14)21(19,20)18-16-12-13(2)10-11-17-16/h6-12H,3-5H2,1-2H3,(H,17,18). The highest BCUT2D eigenvalue weighted by molar-refractivity contribution is 7.92. The fourth-order valence-electron chi connectivity index (χ4n) is 2.00. The van der Waals surface area contributed by atoms with Gasteiger partial charge >= 0.3 is 0 Å². The molecule has 1 N–H and O–H groups in total. The van der Waals surface area contributed by atoms with E-state index in [0.29, 0.717) is 5.82 Å². The van der Waals surface area contributed by atoms with Gasteiger partial charge in [0.05, 0.1) is 4.90 Å². The Morgan fingerprint density at radius 2 is 1.86 bits per heavy atom. The molecule has 0 aliphatic heterocycles. The molecule has 1 heterocycles. The minimum atomic E-state index is -3.58. The Morgan fingerprint density at radius 1 is 1.14 bits per heavy atom. The van der Waals surface area contributed by atoms with E-state index in [4.69, 9.17) is 0 Å². The molecule has 2 rings (SSSR count). The van der Waals surface area contributed by atoms with Gasteiger partial charge < -0.3 is 0 Å². The number of unbranched alkanes of at least 4 members (excludes halogenated alkanes) is 1. The van der Waals surface area contributed by atoms with Gasteiger partial charge in [-0.1, -0.05) is 25.5 Å². The number of pyridine rings is 1. The second-order valence-corrected chi connectivity index (χ2v) is 6.75. The lowest BCUT2D eigenvalue weighted by Crippen LogP contribution is -2.14. The molecule has 0 saturated carbocycles. The Morgan fingerprint density at radius 3 is 2.48 bits per heavy atom. The minimum Gasteiger partial charge on any atom is -0.263 e. The lowest BCUT2D eigenvalue weighted by molar-refractivity contribution is 0.601. The Balaban J connectivity index is 2.15. The third kappa shape index (κ3) is 4.29. The van der Waals surface area contributed by atoms with Crippen LogP contribution in [0.4, 0.5) is 5.82 Å². The topological polar surface area (TPSA) is 59.1 Å². The predicted octanol–water partition coefficient (Wildman–Crippen LogP) is 3.53. The number of nitrogens with zero attached hydrogens (tertiary/aromatic N) is 1. The van der Waals surface area contributed by atoms with Crippen LogP contribution < -0.4 is 4.72 Å². The molecule has 112 valence electrons. The van der Waals surface area contributed by atoms with Crippen molar-refractivity contribution in [1.82, 2.24) is 4.98 Å². The van der Waals surface area contributed by atoms with Crippen LogP contribution in [0, 0.1) is 6.92 Å². The average molecular weight is 304 g/mol. The zero-order valence-corrected chi connectivity index (χ0v) is 13.2. The van der Waals surface area contributed by atoms with E-state index >= 15 is 0 Å². The average Bonchev–Trinajstić information content (AvgIpc) is 2.45. The molecule has 4 nitrogen and oxygen atoms in total. The van der Waals surface area contributed by atoms with Gasteiger partial charge in [0.15, 0.2) is 0 Å². The van der Waals surface area contributed by atoms with Gasteiger partial charge in [-0.3, -0.25) is 4.72 Å². The summed E-state index contributed by atoms with van der Waals surface area (Å²) in [7, 11) is -3.58. The highest BCUT2D eigenvalue weighted by atomic mass is 32.2. The molecule has 21 heavy (non-hydrogen) atoms. The number of aryl methyl sites for hydroxylation is 2. The van der Waals surface area contributed by atoms with Crippen LogP contribution in [0.1, 0.15) is 30.9 Å². The van der Waals surface area contributed by atoms with E-state index in [9.17, 15) is 8.42 Å². The van der Waals surface area contributed by atoms with Gasteiger partial charge in [-0.05, 0) is 55.2 Å². The van der Waals surface area contributed by atoms with E-state index in [-0.39, 0.29) is 4.90 Å². The van der Waals surface area contributed by atoms with Gasteiger partial charge in [0, 0.05) is 6.20 Å². The van der Waals surface area contributed by atoms with Crippen molar-refractivity contribution in [3.8, 4) is 0 Å². The normalized spacial score (nSPS) is 11.3. The van der Waals surface area contributed by atoms with Crippen LogP contribution in [0.25, 0.3) is 0 Å². The van der Waals surface area contributed by atoms with Gasteiger partial charge in [-0.25, -0.2) is 13.4 Å². The number of hydrogen-bond acceptors (Lipinski definition) is 3. The second-order valence-electron chi connectivity index (χ2n) is 5.07. The number of hydrogen-bond donors (Lipinski definition) is 1. The highest BCUT2D eigenvalue weighted by Crippen LogP contribution is 2.16. The Labute approximate surface area is 126 Å². The second kappa shape index (κ2) is 6.72. The monoisotopic (exact) mass is 304 g/mol. The zero-order valence-electron chi connectivity index (χ0n) is 12.3. The molecule has 2 aromatic rings. The van der Waals surface area contributed by atoms with E-state index in [0.717, 1.165) is 30.4 Å². The summed E-state index contributed by atoms with van der Waals surface area (Å²) in [4.78, 5) is 4.27. The third-order valence-electron chi connectivity index (χ3n) is 3.21. The highest BCUT2D eigenvalue weighted by Gasteiger charge is 2.14. The van der Waals surface area contributed by atoms with E-state index < -0.39 is 10.0 Å². The molecule has 5 heteroatoms. The summed E-state index contributed by atoms with van der Waals surface area (Å²) in [5, 5.41) is 0. The Hall–Kier alpha value is -1.88. The molecule has 0 radical (unpaired) electrons. The molecular weight excluding hydrogens is 284 g/mol. The molecule has 1 aromatic heterocycles. The fraction of sp³-hybridized carbons (Fsp3) is 0.312. The first-order chi connectivity index (χ1) is 10.0. The molecule has 0 atom stereocenters. The number of rotatable bonds is 6. The summed E-state index contributed by atoms with van der Waals surface area (Å²) in [6, 6.07) is 10.5. The van der Waals surface area contributed by atoms with Crippen molar-refractivity contribution in [3.05, 3.63) is 53.7 Å². The van der Waals surface area contributed by atoms with Gasteiger partial charge in [-0.15, -0.1) is 0 Å². The number of anilines is 1. The van der Waals surface area contributed by atoms with Crippen LogP contribution in [0.3, 0.4) is 0 Å². The number of aromatic nitrogens is 1. The maximum absolute atomic E-state index is 12.3. The van der Waals surface area contributed by atoms with Crippen LogP contribution in [0.5, 0.6) is 0 Å². The van der Waals surface area contributed by atoms with Crippen LogP contribution >= 0.6 is 0 Å². The van der Waals surface area contributed by atoms with Crippen molar-refractivity contribution in [2.45, 2.75) is 38.0 Å². The molecule has 0 bridgehead atoms. The first kappa shape index (κ1) is 15.5. The fourth-order valence-corrected chi connectivity index (χ4v) is 3.00. The van der Waals surface area contributed by atoms with E-state index in [1.165, 1.54) is 0 Å². The molecule has 0 aliphatic rings. The van der Waals surface area contributed by atoms with Crippen molar-refractivity contribution in [2.75, 3.05) is 4.72 Å². The van der Waals surface area contributed by atoms with Gasteiger partial charge in [0.2, 0.25) is 0 Å². The first-order valence-electron chi connectivity index (χ1n) is 7.05. The first-order valence-corrected chi connectivity index (χ1v) is 8.54. The maximum Gasteiger partial charge on any atom is 0.263 e. The maximum atomic E-state index is 12.3. The van der Waals surface area contributed by atoms with Crippen LogP contribution in [-0.4, -0.2) is 13.4 Å². The molecule has 1 aromatic carbocycles. The molecule has 0 saturated heterocycles. The lowest BCUT2D eigenvalue weighted by atomic mass is 10.1. The summed E-state index contributed by atoms with van der Waals surface area (Å²) in [5.41, 5.74) is 2.11. The molecule has 0 spiro atoms. The van der Waals surface area contributed by atoms with Gasteiger partial charge in [-0.2, -0.15) is 0 Å². The van der Waals surface area contributed by atoms with Crippen molar-refractivity contribution >= 4 is 15.8 Å². The quantitative estimate of drug-likeness (QED) is 0.888. The largest absolute Gasteiger partial charge is 0.263 e. The van der Waals surface area contributed by atoms with E-state index in [2.05, 4.69) is 16.6 Å². The third-order valence-corrected chi connectivity index (χ3v) is 4.58. The summed E-state index contributed by atoms with van der Waals surface area (Å²) in [6.45, 7) is 4.03. The van der Waals surface area contributed by atoms with Crippen molar-refractivity contribution in [3.63, 3.8) is 0 Å². The Bertz CT molecular complexity index is 694. The van der Waals surface area contributed by atoms with Crippen LogP contribution in [0.2, 0.25) is 0 Å². The summed E-state index contributed by atoms with van der Waals surface area (Å²) in [5.74, 6) is 0.338. The van der Waals surface area contributed by atoms with Gasteiger partial charge in [0.25, 0.3) is 10.0 Å². The molecular formula is C16H20N2O2S. The smallest absolute Gasteiger partial charge is 0.263 e. The van der Waals surface area contributed by atoms with Crippen LogP contribution in [-0.2, 0) is 16.4 Å². The van der Waals surface area contributed by atoms with E-state index in [1.807, 2.05) is 25.1 Å². The Kier molecular flexibility index (Phi) is 4.96. The van der Waals surface area contributed by atoms with Crippen molar-refractivity contribution < 1.29 is 8.42 Å². The molecule has 0 unspecified atom stereocenters. The summed E-state index contributed by atoms with van der Waals surface area (Å²) >= 11 is 0. The summed E-state index contributed by atoms with van der Waals surface area (Å²) < 4.78 is 27.1. The predicted molar refractivity (Wildman–Crippen MR) is 84.8 cm³/mol. The number of sulfonamides is 1. The zero-order chi connectivity index (χ0) is 15.3. The molecule has 0 aliphatic carbocycles. The number of benzene rings is 1.